The molecule has 1 aromatic heterocycles. The molecule has 0 aliphatic carbocycles. The summed E-state index contributed by atoms with van der Waals surface area (Å²) < 4.78 is 49.3. The first-order chi connectivity index (χ1) is 13.0. The van der Waals surface area contributed by atoms with Crippen LogP contribution in [-0.4, -0.2) is 71.3 Å². The molecule has 3 heterocycles. The third-order valence-electron chi connectivity index (χ3n) is 5.22. The number of pyridine rings is 1. The van der Waals surface area contributed by atoms with Crippen molar-refractivity contribution in [1.82, 2.24) is 14.8 Å². The summed E-state index contributed by atoms with van der Waals surface area (Å²) in [6.45, 7) is 1.49. The van der Waals surface area contributed by atoms with Gasteiger partial charge in [-0.05, 0) is 37.8 Å². The monoisotopic (exact) mass is 425 g/mol. The Bertz CT molecular complexity index is 975. The molecule has 2 aliphatic rings. The van der Waals surface area contributed by atoms with Crippen LogP contribution in [0.1, 0.15) is 37.1 Å². The van der Waals surface area contributed by atoms with Crippen molar-refractivity contribution in [3.05, 3.63) is 39.4 Å². The smallest absolute Gasteiger partial charge is 0.173 e. The number of aromatic nitrogens is 1. The minimum Gasteiger partial charge on any atom is -0.372 e. The van der Waals surface area contributed by atoms with Gasteiger partial charge in [0.15, 0.2) is 19.7 Å². The van der Waals surface area contributed by atoms with Crippen LogP contribution < -0.4 is 0 Å². The minimum absolute atomic E-state index is 0.389. The SMILES string of the molecule is CN1CCCC(S(C)(=O)=O)=C1c1cccc(C2=C(S(C)(=O)=O)CCCN2C)n1. The Balaban J connectivity index is 2.22. The lowest BCUT2D eigenvalue weighted by Crippen LogP contribution is -2.28. The number of nitrogens with zero attached hydrogens (tertiary/aromatic N) is 3. The van der Waals surface area contributed by atoms with E-state index in [2.05, 4.69) is 0 Å². The fraction of sp³-hybridized carbons (Fsp3) is 0.526. The third-order valence-corrected chi connectivity index (χ3v) is 7.80. The molecule has 0 saturated heterocycles. The highest BCUT2D eigenvalue weighted by atomic mass is 32.2. The maximum absolute atomic E-state index is 12.3. The lowest BCUT2D eigenvalue weighted by molar-refractivity contribution is 0.439. The molecule has 0 radical (unpaired) electrons. The first-order valence-electron chi connectivity index (χ1n) is 9.26. The molecule has 0 unspecified atom stereocenters. The van der Waals surface area contributed by atoms with Gasteiger partial charge in [0, 0.05) is 39.7 Å². The zero-order valence-corrected chi connectivity index (χ0v) is 18.4. The average molecular weight is 426 g/mol. The molecular formula is C19H27N3O4S2. The van der Waals surface area contributed by atoms with Gasteiger partial charge in [-0.1, -0.05) is 6.07 Å². The van der Waals surface area contributed by atoms with Gasteiger partial charge in [0.25, 0.3) is 0 Å². The van der Waals surface area contributed by atoms with Crippen molar-refractivity contribution in [3.8, 4) is 0 Å². The molecule has 0 saturated carbocycles. The van der Waals surface area contributed by atoms with Crippen LogP contribution in [0.3, 0.4) is 0 Å². The predicted molar refractivity (Wildman–Crippen MR) is 111 cm³/mol. The van der Waals surface area contributed by atoms with E-state index >= 15 is 0 Å². The van der Waals surface area contributed by atoms with E-state index in [0.717, 1.165) is 25.9 Å². The van der Waals surface area contributed by atoms with Crippen LogP contribution in [0, 0.1) is 0 Å². The van der Waals surface area contributed by atoms with Gasteiger partial charge in [-0.3, -0.25) is 0 Å². The topological polar surface area (TPSA) is 87.7 Å². The molecule has 0 amide bonds. The molecule has 0 fully saturated rings. The summed E-state index contributed by atoms with van der Waals surface area (Å²) in [6.07, 6.45) is 4.97. The van der Waals surface area contributed by atoms with Gasteiger partial charge >= 0.3 is 0 Å². The highest BCUT2D eigenvalue weighted by Gasteiger charge is 2.29. The molecule has 0 atom stereocenters. The van der Waals surface area contributed by atoms with Crippen LogP contribution in [0.2, 0.25) is 0 Å². The van der Waals surface area contributed by atoms with Crippen LogP contribution in [0.25, 0.3) is 11.4 Å². The number of rotatable bonds is 4. The second-order valence-corrected chi connectivity index (χ2v) is 11.6. The summed E-state index contributed by atoms with van der Waals surface area (Å²) in [4.78, 5) is 9.34. The van der Waals surface area contributed by atoms with Gasteiger partial charge in [0.2, 0.25) is 0 Å². The first kappa shape index (κ1) is 20.9. The molecule has 9 heteroatoms. The van der Waals surface area contributed by atoms with Gasteiger partial charge < -0.3 is 9.80 Å². The Morgan fingerprint density at radius 3 is 1.54 bits per heavy atom. The van der Waals surface area contributed by atoms with Gasteiger partial charge in [-0.2, -0.15) is 0 Å². The largest absolute Gasteiger partial charge is 0.372 e. The summed E-state index contributed by atoms with van der Waals surface area (Å²) in [5.74, 6) is 0. The summed E-state index contributed by atoms with van der Waals surface area (Å²) >= 11 is 0. The molecular weight excluding hydrogens is 398 g/mol. The zero-order valence-electron chi connectivity index (χ0n) is 16.8. The normalized spacial score (nSPS) is 19.4. The summed E-state index contributed by atoms with van der Waals surface area (Å²) in [7, 11) is -2.99. The van der Waals surface area contributed by atoms with Gasteiger partial charge in [0.05, 0.1) is 32.6 Å². The van der Waals surface area contributed by atoms with E-state index in [9.17, 15) is 16.8 Å². The van der Waals surface area contributed by atoms with Crippen molar-refractivity contribution in [2.75, 3.05) is 39.7 Å². The van der Waals surface area contributed by atoms with Crippen molar-refractivity contribution in [2.24, 2.45) is 0 Å². The van der Waals surface area contributed by atoms with Crippen molar-refractivity contribution in [1.29, 1.82) is 0 Å². The molecule has 154 valence electrons. The maximum atomic E-state index is 12.3. The number of hydrogen-bond acceptors (Lipinski definition) is 7. The number of sulfone groups is 2. The Labute approximate surface area is 167 Å². The molecule has 7 nitrogen and oxygen atoms in total. The predicted octanol–water partition coefficient (Wildman–Crippen LogP) is 1.96. The van der Waals surface area contributed by atoms with E-state index in [-0.39, 0.29) is 0 Å². The summed E-state index contributed by atoms with van der Waals surface area (Å²) in [5, 5.41) is 0. The fourth-order valence-electron chi connectivity index (χ4n) is 3.94. The van der Waals surface area contributed by atoms with Crippen molar-refractivity contribution < 1.29 is 16.8 Å². The lowest BCUT2D eigenvalue weighted by atomic mass is 10.1. The van der Waals surface area contributed by atoms with Crippen molar-refractivity contribution in [3.63, 3.8) is 0 Å². The first-order valence-corrected chi connectivity index (χ1v) is 13.0. The van der Waals surface area contributed by atoms with Crippen LogP contribution in [0.15, 0.2) is 28.0 Å². The van der Waals surface area contributed by atoms with Gasteiger partial charge in [-0.15, -0.1) is 0 Å². The van der Waals surface area contributed by atoms with Crippen LogP contribution >= 0.6 is 0 Å². The Kier molecular flexibility index (Phi) is 5.60. The average Bonchev–Trinajstić information content (AvgIpc) is 2.60. The number of hydrogen-bond donors (Lipinski definition) is 0. The number of allylic oxidation sites excluding steroid dienone is 2. The van der Waals surface area contributed by atoms with Gasteiger partial charge in [0.1, 0.15) is 0 Å². The molecule has 2 aliphatic heterocycles. The summed E-state index contributed by atoms with van der Waals surface area (Å²) in [6, 6.07) is 5.38. The maximum Gasteiger partial charge on any atom is 0.173 e. The molecule has 0 aromatic carbocycles. The van der Waals surface area contributed by atoms with E-state index in [1.807, 2.05) is 30.0 Å². The Morgan fingerprint density at radius 1 is 0.786 bits per heavy atom. The Hall–Kier alpha value is -1.87. The van der Waals surface area contributed by atoms with E-state index < -0.39 is 19.7 Å². The molecule has 1 aromatic rings. The molecule has 0 spiro atoms. The van der Waals surface area contributed by atoms with Crippen molar-refractivity contribution >= 4 is 31.1 Å². The highest BCUT2D eigenvalue weighted by molar-refractivity contribution is 7.95. The standard InChI is InChI=1S/C19H27N3O4S2/c1-21-12-6-10-16(27(3,23)24)18(21)14-8-5-9-15(20-14)19-17(28(4,25)26)11-7-13-22(19)2/h5,8-9H,6-7,10-13H2,1-4H3. The Morgan fingerprint density at radius 2 is 1.18 bits per heavy atom. The summed E-state index contributed by atoms with van der Waals surface area (Å²) in [5.41, 5.74) is 2.32. The van der Waals surface area contributed by atoms with Crippen LogP contribution in [0.5, 0.6) is 0 Å². The zero-order chi connectivity index (χ0) is 20.7. The fourth-order valence-corrected chi connectivity index (χ4v) is 6.19. The quantitative estimate of drug-likeness (QED) is 0.729. The van der Waals surface area contributed by atoms with Crippen LogP contribution in [0.4, 0.5) is 0 Å². The highest BCUT2D eigenvalue weighted by Crippen LogP contribution is 2.34. The molecule has 0 N–H and O–H groups in total. The second-order valence-electron chi connectivity index (χ2n) is 7.55. The van der Waals surface area contributed by atoms with Crippen LogP contribution in [-0.2, 0) is 19.7 Å². The molecule has 3 rings (SSSR count). The second kappa shape index (κ2) is 7.51. The van der Waals surface area contributed by atoms with E-state index in [1.54, 1.807) is 12.1 Å². The lowest BCUT2D eigenvalue weighted by Gasteiger charge is -2.31. The van der Waals surface area contributed by atoms with E-state index in [4.69, 9.17) is 4.98 Å². The molecule has 28 heavy (non-hydrogen) atoms. The third kappa shape index (κ3) is 4.10. The van der Waals surface area contributed by atoms with E-state index in [1.165, 1.54) is 12.5 Å². The minimum atomic E-state index is -3.36. The molecule has 0 bridgehead atoms. The van der Waals surface area contributed by atoms with Gasteiger partial charge in [-0.25, -0.2) is 21.8 Å². The van der Waals surface area contributed by atoms with Crippen molar-refractivity contribution in [2.45, 2.75) is 25.7 Å². The van der Waals surface area contributed by atoms with E-state index in [0.29, 0.717) is 45.4 Å².